The number of rotatable bonds is 4. The molecule has 0 bridgehead atoms. The fourth-order valence-corrected chi connectivity index (χ4v) is 1.51. The van der Waals surface area contributed by atoms with E-state index in [1.54, 1.807) is 24.5 Å². The SMILES string of the molecule is CC.CC(=O)c1cccnc1.NC(=O)Cc1ccc([N+](=O)[O-])cc1. The maximum Gasteiger partial charge on any atom is 0.269 e. The van der Waals surface area contributed by atoms with E-state index in [4.69, 9.17) is 5.73 Å². The number of primary amides is 1. The molecule has 0 radical (unpaired) electrons. The van der Waals surface area contributed by atoms with Gasteiger partial charge in [-0.05, 0) is 24.6 Å². The molecule has 7 nitrogen and oxygen atoms in total. The van der Waals surface area contributed by atoms with Crippen molar-refractivity contribution in [2.75, 3.05) is 0 Å². The van der Waals surface area contributed by atoms with E-state index in [0.717, 1.165) is 0 Å². The summed E-state index contributed by atoms with van der Waals surface area (Å²) in [6.07, 6.45) is 3.31. The number of hydrogen-bond donors (Lipinski definition) is 1. The lowest BCUT2D eigenvalue weighted by Crippen LogP contribution is -2.13. The van der Waals surface area contributed by atoms with Crippen LogP contribution in [0.5, 0.6) is 0 Å². The van der Waals surface area contributed by atoms with Crippen molar-refractivity contribution in [2.24, 2.45) is 5.73 Å². The predicted molar refractivity (Wildman–Crippen MR) is 91.6 cm³/mol. The second-order valence-corrected chi connectivity index (χ2v) is 4.36. The number of hydrogen-bond acceptors (Lipinski definition) is 5. The van der Waals surface area contributed by atoms with Crippen molar-refractivity contribution in [3.63, 3.8) is 0 Å². The van der Waals surface area contributed by atoms with Crippen LogP contribution >= 0.6 is 0 Å². The Kier molecular flexibility index (Phi) is 10.00. The van der Waals surface area contributed by atoms with Crippen molar-refractivity contribution in [1.82, 2.24) is 4.98 Å². The molecule has 2 N–H and O–H groups in total. The van der Waals surface area contributed by atoms with E-state index in [1.807, 2.05) is 13.8 Å². The van der Waals surface area contributed by atoms with Crippen molar-refractivity contribution >= 4 is 17.4 Å². The molecule has 128 valence electrons. The number of aromatic nitrogens is 1. The number of benzene rings is 1. The normalized spacial score (nSPS) is 8.79. The molecular formula is C17H21N3O4. The molecule has 0 fully saturated rings. The summed E-state index contributed by atoms with van der Waals surface area (Å²) >= 11 is 0. The summed E-state index contributed by atoms with van der Waals surface area (Å²) < 4.78 is 0. The van der Waals surface area contributed by atoms with Crippen LogP contribution in [0.1, 0.15) is 36.7 Å². The molecule has 1 amide bonds. The number of ketones is 1. The van der Waals surface area contributed by atoms with Crippen LogP contribution in [0.4, 0.5) is 5.69 Å². The van der Waals surface area contributed by atoms with Gasteiger partial charge in [0.15, 0.2) is 5.78 Å². The molecule has 0 aliphatic rings. The van der Waals surface area contributed by atoms with Gasteiger partial charge in [0.05, 0.1) is 11.3 Å². The highest BCUT2D eigenvalue weighted by Crippen LogP contribution is 2.11. The van der Waals surface area contributed by atoms with E-state index in [0.29, 0.717) is 11.1 Å². The first kappa shape index (κ1) is 20.9. The van der Waals surface area contributed by atoms with Crippen LogP contribution in [-0.2, 0) is 11.2 Å². The van der Waals surface area contributed by atoms with E-state index < -0.39 is 10.8 Å². The minimum Gasteiger partial charge on any atom is -0.369 e. The average molecular weight is 331 g/mol. The first-order chi connectivity index (χ1) is 11.4. The maximum atomic E-state index is 10.6. The van der Waals surface area contributed by atoms with E-state index in [9.17, 15) is 19.7 Å². The molecule has 0 saturated heterocycles. The van der Waals surface area contributed by atoms with Gasteiger partial charge in [-0.3, -0.25) is 24.7 Å². The Balaban J connectivity index is 0.000000420. The predicted octanol–water partition coefficient (Wildman–Crippen LogP) is 2.93. The van der Waals surface area contributed by atoms with Crippen LogP contribution in [0.2, 0.25) is 0 Å². The zero-order valence-corrected chi connectivity index (χ0v) is 13.9. The topological polar surface area (TPSA) is 116 Å². The molecular weight excluding hydrogens is 310 g/mol. The molecule has 0 aliphatic carbocycles. The second kappa shape index (κ2) is 11.5. The Bertz CT molecular complexity index is 655. The van der Waals surface area contributed by atoms with Crippen molar-refractivity contribution in [1.29, 1.82) is 0 Å². The van der Waals surface area contributed by atoms with Crippen LogP contribution in [-0.4, -0.2) is 21.6 Å². The summed E-state index contributed by atoms with van der Waals surface area (Å²) in [7, 11) is 0. The number of nitrogens with zero attached hydrogens (tertiary/aromatic N) is 2. The van der Waals surface area contributed by atoms with Gasteiger partial charge in [-0.1, -0.05) is 26.0 Å². The number of nitro groups is 1. The van der Waals surface area contributed by atoms with Gasteiger partial charge in [-0.15, -0.1) is 0 Å². The quantitative estimate of drug-likeness (QED) is 0.525. The molecule has 0 atom stereocenters. The highest BCUT2D eigenvalue weighted by molar-refractivity contribution is 5.93. The molecule has 1 heterocycles. The number of carbonyl (C=O) groups excluding carboxylic acids is 2. The van der Waals surface area contributed by atoms with Gasteiger partial charge >= 0.3 is 0 Å². The number of amides is 1. The van der Waals surface area contributed by atoms with Gasteiger partial charge in [0.1, 0.15) is 0 Å². The summed E-state index contributed by atoms with van der Waals surface area (Å²) in [5.74, 6) is -0.392. The third kappa shape index (κ3) is 8.38. The highest BCUT2D eigenvalue weighted by atomic mass is 16.6. The van der Waals surface area contributed by atoms with E-state index in [1.165, 1.54) is 31.2 Å². The Hall–Kier alpha value is -3.09. The fourth-order valence-electron chi connectivity index (χ4n) is 1.51. The Morgan fingerprint density at radius 1 is 1.17 bits per heavy atom. The molecule has 24 heavy (non-hydrogen) atoms. The van der Waals surface area contributed by atoms with Crippen LogP contribution < -0.4 is 5.73 Å². The summed E-state index contributed by atoms with van der Waals surface area (Å²) in [6, 6.07) is 9.22. The molecule has 0 spiro atoms. The highest BCUT2D eigenvalue weighted by Gasteiger charge is 2.04. The Morgan fingerprint density at radius 3 is 2.08 bits per heavy atom. The molecule has 0 unspecified atom stereocenters. The van der Waals surface area contributed by atoms with Crippen molar-refractivity contribution in [3.05, 3.63) is 70.0 Å². The number of non-ortho nitro benzene ring substituents is 1. The molecule has 1 aromatic carbocycles. The first-order valence-corrected chi connectivity index (χ1v) is 7.32. The lowest BCUT2D eigenvalue weighted by Gasteiger charge is -1.95. The zero-order valence-electron chi connectivity index (χ0n) is 13.9. The number of nitro benzene ring substituents is 1. The number of carbonyl (C=O) groups is 2. The summed E-state index contributed by atoms with van der Waals surface area (Å²) in [5.41, 5.74) is 6.30. The second-order valence-electron chi connectivity index (χ2n) is 4.36. The summed E-state index contributed by atoms with van der Waals surface area (Å²) in [6.45, 7) is 5.52. The van der Waals surface area contributed by atoms with Gasteiger partial charge in [0.2, 0.25) is 5.91 Å². The number of pyridine rings is 1. The Morgan fingerprint density at radius 2 is 1.75 bits per heavy atom. The van der Waals surface area contributed by atoms with Gasteiger partial charge in [-0.2, -0.15) is 0 Å². The van der Waals surface area contributed by atoms with Gasteiger partial charge in [0, 0.05) is 30.1 Å². The molecule has 7 heteroatoms. The Labute approximate surface area is 140 Å². The van der Waals surface area contributed by atoms with Crippen molar-refractivity contribution in [3.8, 4) is 0 Å². The van der Waals surface area contributed by atoms with Gasteiger partial charge in [0.25, 0.3) is 5.69 Å². The molecule has 2 rings (SSSR count). The largest absolute Gasteiger partial charge is 0.369 e. The molecule has 1 aromatic heterocycles. The van der Waals surface area contributed by atoms with E-state index in [2.05, 4.69) is 4.98 Å². The number of nitrogens with two attached hydrogens (primary N) is 1. The maximum absolute atomic E-state index is 10.6. The van der Waals surface area contributed by atoms with Crippen LogP contribution in [0.25, 0.3) is 0 Å². The van der Waals surface area contributed by atoms with Gasteiger partial charge < -0.3 is 5.73 Å². The lowest BCUT2D eigenvalue weighted by atomic mass is 10.1. The fraction of sp³-hybridized carbons (Fsp3) is 0.235. The van der Waals surface area contributed by atoms with Crippen LogP contribution in [0.3, 0.4) is 0 Å². The average Bonchev–Trinajstić information content (AvgIpc) is 2.58. The minimum atomic E-state index is -0.492. The first-order valence-electron chi connectivity index (χ1n) is 7.32. The van der Waals surface area contributed by atoms with Crippen molar-refractivity contribution in [2.45, 2.75) is 27.2 Å². The van der Waals surface area contributed by atoms with E-state index in [-0.39, 0.29) is 17.9 Å². The molecule has 0 aliphatic heterocycles. The molecule has 2 aromatic rings. The van der Waals surface area contributed by atoms with Crippen LogP contribution in [0.15, 0.2) is 48.8 Å². The monoisotopic (exact) mass is 331 g/mol. The van der Waals surface area contributed by atoms with Gasteiger partial charge in [-0.25, -0.2) is 0 Å². The smallest absolute Gasteiger partial charge is 0.269 e. The van der Waals surface area contributed by atoms with Crippen molar-refractivity contribution < 1.29 is 14.5 Å². The molecule has 0 saturated carbocycles. The standard InChI is InChI=1S/C8H8N2O3.C7H7NO.C2H6/c9-8(11)5-6-1-3-7(4-2-6)10(12)13;1-6(9)7-3-2-4-8-5-7;1-2/h1-4H,5H2,(H2,9,11);2-5H,1H3;1-2H3. The lowest BCUT2D eigenvalue weighted by molar-refractivity contribution is -0.384. The third-order valence-electron chi connectivity index (χ3n) is 2.59. The summed E-state index contributed by atoms with van der Waals surface area (Å²) in [4.78, 5) is 34.6. The summed E-state index contributed by atoms with van der Waals surface area (Å²) in [5, 5.41) is 10.2. The minimum absolute atomic E-state index is 0.00761. The number of Topliss-reactive ketones (excluding diaryl/α,β-unsaturated/α-hetero) is 1. The third-order valence-corrected chi connectivity index (χ3v) is 2.59. The van der Waals surface area contributed by atoms with Crippen LogP contribution in [0, 0.1) is 10.1 Å². The zero-order chi connectivity index (χ0) is 18.5. The van der Waals surface area contributed by atoms with E-state index >= 15 is 0 Å².